The second-order valence-electron chi connectivity index (χ2n) is 10.3. The van der Waals surface area contributed by atoms with E-state index in [0.717, 1.165) is 60.7 Å². The number of nitrogens with one attached hydrogen (secondary N) is 1. The van der Waals surface area contributed by atoms with Crippen molar-refractivity contribution in [1.29, 1.82) is 0 Å². The molecule has 3 aromatic rings. The number of para-hydroxylation sites is 1. The standard InChI is InChI=1S/C27H38N4O5/c1-19-23-20-11-5-6-12-21(20)30(25(32)24(23)29-31(19)22-13-7-9-17-35-22)15-18-34-16-10-8-14-28-26(33)36-27(2,3)4/h5-6,11-12,22H,7-10,13-18H2,1-4H3,(H,28,33). The van der Waals surface area contributed by atoms with Gasteiger partial charge in [-0.2, -0.15) is 5.10 Å². The fourth-order valence-corrected chi connectivity index (χ4v) is 4.66. The maximum Gasteiger partial charge on any atom is 0.407 e. The van der Waals surface area contributed by atoms with Crippen molar-refractivity contribution < 1.29 is 19.0 Å². The normalized spacial score (nSPS) is 16.5. The molecule has 1 aliphatic rings. The van der Waals surface area contributed by atoms with Crippen LogP contribution in [-0.4, -0.2) is 52.4 Å². The number of fused-ring (bicyclic) bond motifs is 3. The third-order valence-corrected chi connectivity index (χ3v) is 6.33. The lowest BCUT2D eigenvalue weighted by Gasteiger charge is -2.23. The Kier molecular flexibility index (Phi) is 8.31. The molecule has 2 aromatic heterocycles. The zero-order valence-corrected chi connectivity index (χ0v) is 21.8. The van der Waals surface area contributed by atoms with Crippen LogP contribution < -0.4 is 10.9 Å². The van der Waals surface area contributed by atoms with E-state index >= 15 is 0 Å². The number of ether oxygens (including phenoxy) is 3. The minimum absolute atomic E-state index is 0.105. The number of amides is 1. The summed E-state index contributed by atoms with van der Waals surface area (Å²) in [6.07, 6.45) is 4.13. The van der Waals surface area contributed by atoms with E-state index in [1.54, 1.807) is 4.57 Å². The van der Waals surface area contributed by atoms with Crippen LogP contribution in [0.5, 0.6) is 0 Å². The third-order valence-electron chi connectivity index (χ3n) is 6.33. The number of unbranched alkanes of at least 4 members (excludes halogenated alkanes) is 1. The van der Waals surface area contributed by atoms with Crippen molar-refractivity contribution in [3.63, 3.8) is 0 Å². The van der Waals surface area contributed by atoms with Gasteiger partial charge in [0.25, 0.3) is 5.56 Å². The molecule has 4 rings (SSSR count). The Hall–Kier alpha value is -2.91. The lowest BCUT2D eigenvalue weighted by Crippen LogP contribution is -2.33. The molecule has 1 N–H and O–H groups in total. The van der Waals surface area contributed by atoms with Gasteiger partial charge >= 0.3 is 6.09 Å². The molecule has 196 valence electrons. The minimum atomic E-state index is -0.501. The molecule has 0 radical (unpaired) electrons. The highest BCUT2D eigenvalue weighted by atomic mass is 16.6. The monoisotopic (exact) mass is 498 g/mol. The van der Waals surface area contributed by atoms with Crippen molar-refractivity contribution in [2.75, 3.05) is 26.4 Å². The second kappa shape index (κ2) is 11.4. The summed E-state index contributed by atoms with van der Waals surface area (Å²) in [6.45, 7) is 10.2. The van der Waals surface area contributed by atoms with Crippen molar-refractivity contribution >= 4 is 27.9 Å². The topological polar surface area (TPSA) is 96.6 Å². The fourth-order valence-electron chi connectivity index (χ4n) is 4.66. The van der Waals surface area contributed by atoms with Crippen LogP contribution in [0.2, 0.25) is 0 Å². The molecule has 0 bridgehead atoms. The summed E-state index contributed by atoms with van der Waals surface area (Å²) in [4.78, 5) is 25.2. The Morgan fingerprint density at radius 1 is 1.19 bits per heavy atom. The number of aryl methyl sites for hydroxylation is 1. The zero-order chi connectivity index (χ0) is 25.7. The molecule has 36 heavy (non-hydrogen) atoms. The number of hydrogen-bond donors (Lipinski definition) is 1. The number of carbonyl (C=O) groups is 1. The second-order valence-corrected chi connectivity index (χ2v) is 10.3. The average Bonchev–Trinajstić information content (AvgIpc) is 3.19. The number of benzene rings is 1. The summed E-state index contributed by atoms with van der Waals surface area (Å²) in [5.41, 5.74) is 1.72. The van der Waals surface area contributed by atoms with Crippen molar-refractivity contribution in [3.05, 3.63) is 40.3 Å². The van der Waals surface area contributed by atoms with Gasteiger partial charge in [-0.15, -0.1) is 0 Å². The fraction of sp³-hybridized carbons (Fsp3) is 0.593. The van der Waals surface area contributed by atoms with Gasteiger partial charge in [-0.25, -0.2) is 9.48 Å². The maximum absolute atomic E-state index is 13.5. The predicted molar refractivity (Wildman–Crippen MR) is 139 cm³/mol. The number of nitrogens with zero attached hydrogens (tertiary/aromatic N) is 3. The molecule has 1 aliphatic heterocycles. The van der Waals surface area contributed by atoms with Gasteiger partial charge in [-0.1, -0.05) is 18.2 Å². The summed E-state index contributed by atoms with van der Waals surface area (Å²) in [5, 5.41) is 9.40. The SMILES string of the molecule is Cc1c2c(nn1C1CCCCO1)c(=O)n(CCOCCCCNC(=O)OC(C)(C)C)c1ccccc21. The quantitative estimate of drug-likeness (QED) is 0.430. The van der Waals surface area contributed by atoms with Crippen molar-refractivity contribution in [2.45, 2.75) is 78.2 Å². The zero-order valence-electron chi connectivity index (χ0n) is 21.8. The van der Waals surface area contributed by atoms with Gasteiger partial charge < -0.3 is 24.1 Å². The van der Waals surface area contributed by atoms with Crippen molar-refractivity contribution in [2.24, 2.45) is 0 Å². The highest BCUT2D eigenvalue weighted by Gasteiger charge is 2.23. The molecule has 9 nitrogen and oxygen atoms in total. The summed E-state index contributed by atoms with van der Waals surface area (Å²) in [7, 11) is 0. The molecule has 0 spiro atoms. The maximum atomic E-state index is 13.5. The molecular formula is C27H38N4O5. The van der Waals surface area contributed by atoms with Crippen LogP contribution in [0.4, 0.5) is 4.79 Å². The first-order valence-corrected chi connectivity index (χ1v) is 12.9. The van der Waals surface area contributed by atoms with Gasteiger partial charge in [0, 0.05) is 42.8 Å². The summed E-state index contributed by atoms with van der Waals surface area (Å²) >= 11 is 0. The van der Waals surface area contributed by atoms with Crippen LogP contribution in [0.3, 0.4) is 0 Å². The Morgan fingerprint density at radius 2 is 2.00 bits per heavy atom. The van der Waals surface area contributed by atoms with E-state index in [0.29, 0.717) is 31.8 Å². The Bertz CT molecular complexity index is 1250. The molecule has 9 heteroatoms. The number of rotatable bonds is 9. The van der Waals surface area contributed by atoms with Crippen LogP contribution >= 0.6 is 0 Å². The molecule has 1 aromatic carbocycles. The van der Waals surface area contributed by atoms with Gasteiger partial charge in [0.1, 0.15) is 11.8 Å². The van der Waals surface area contributed by atoms with Gasteiger partial charge in [0.05, 0.1) is 12.1 Å². The van der Waals surface area contributed by atoms with E-state index in [2.05, 4.69) is 5.32 Å². The highest BCUT2D eigenvalue weighted by Crippen LogP contribution is 2.30. The summed E-state index contributed by atoms with van der Waals surface area (Å²) in [5.74, 6) is 0. The molecule has 1 unspecified atom stereocenters. The lowest BCUT2D eigenvalue weighted by atomic mass is 10.1. The molecule has 3 heterocycles. The largest absolute Gasteiger partial charge is 0.444 e. The Morgan fingerprint density at radius 3 is 2.75 bits per heavy atom. The van der Waals surface area contributed by atoms with Gasteiger partial charge in [0.2, 0.25) is 0 Å². The van der Waals surface area contributed by atoms with E-state index in [-0.39, 0.29) is 11.8 Å². The average molecular weight is 499 g/mol. The van der Waals surface area contributed by atoms with Crippen LogP contribution in [0.25, 0.3) is 21.8 Å². The highest BCUT2D eigenvalue weighted by molar-refractivity contribution is 6.05. The lowest BCUT2D eigenvalue weighted by molar-refractivity contribution is -0.0402. The van der Waals surface area contributed by atoms with Gasteiger partial charge in [0.15, 0.2) is 5.52 Å². The number of hydrogen-bond acceptors (Lipinski definition) is 6. The first-order valence-electron chi connectivity index (χ1n) is 12.9. The molecule has 1 fully saturated rings. The van der Waals surface area contributed by atoms with Crippen LogP contribution in [-0.2, 0) is 20.8 Å². The summed E-state index contributed by atoms with van der Waals surface area (Å²) < 4.78 is 20.6. The predicted octanol–water partition coefficient (Wildman–Crippen LogP) is 4.68. The molecule has 0 aliphatic carbocycles. The number of pyridine rings is 1. The molecule has 1 atom stereocenters. The summed E-state index contributed by atoms with van der Waals surface area (Å²) in [6, 6.07) is 7.97. The number of alkyl carbamates (subject to hydrolysis) is 1. The van der Waals surface area contributed by atoms with E-state index in [9.17, 15) is 9.59 Å². The van der Waals surface area contributed by atoms with E-state index < -0.39 is 11.7 Å². The Labute approximate surface area is 211 Å². The van der Waals surface area contributed by atoms with E-state index in [4.69, 9.17) is 19.3 Å². The molecule has 1 amide bonds. The smallest absolute Gasteiger partial charge is 0.407 e. The number of aromatic nitrogens is 3. The van der Waals surface area contributed by atoms with Gasteiger partial charge in [-0.05, 0) is 65.9 Å². The molecular weight excluding hydrogens is 460 g/mol. The van der Waals surface area contributed by atoms with Crippen LogP contribution in [0.1, 0.15) is 64.8 Å². The van der Waals surface area contributed by atoms with Crippen molar-refractivity contribution in [3.8, 4) is 0 Å². The van der Waals surface area contributed by atoms with Crippen molar-refractivity contribution in [1.82, 2.24) is 19.7 Å². The van der Waals surface area contributed by atoms with Gasteiger partial charge in [-0.3, -0.25) is 4.79 Å². The van der Waals surface area contributed by atoms with Crippen LogP contribution in [0, 0.1) is 6.92 Å². The third kappa shape index (κ3) is 6.07. The van der Waals surface area contributed by atoms with E-state index in [1.807, 2.05) is 56.6 Å². The number of carbonyl (C=O) groups excluding carboxylic acids is 1. The molecule has 1 saturated heterocycles. The Balaban J connectivity index is 1.39. The first-order chi connectivity index (χ1) is 17.3. The molecule has 0 saturated carbocycles. The minimum Gasteiger partial charge on any atom is -0.444 e. The van der Waals surface area contributed by atoms with Crippen LogP contribution in [0.15, 0.2) is 29.1 Å². The first kappa shape index (κ1) is 26.2. The van der Waals surface area contributed by atoms with E-state index in [1.165, 1.54) is 0 Å².